The van der Waals surface area contributed by atoms with Gasteiger partial charge < -0.3 is 9.84 Å². The van der Waals surface area contributed by atoms with Gasteiger partial charge in [0.05, 0.1) is 6.54 Å². The third-order valence-corrected chi connectivity index (χ3v) is 2.89. The normalized spacial score (nSPS) is 21.8. The van der Waals surface area contributed by atoms with E-state index in [1.54, 1.807) is 0 Å². The van der Waals surface area contributed by atoms with E-state index in [1.165, 1.54) is 12.8 Å². The van der Waals surface area contributed by atoms with E-state index < -0.39 is 0 Å². The van der Waals surface area contributed by atoms with E-state index in [2.05, 4.69) is 27.3 Å². The zero-order valence-electron chi connectivity index (χ0n) is 10.1. The van der Waals surface area contributed by atoms with Crippen molar-refractivity contribution in [2.75, 3.05) is 19.6 Å². The molecule has 0 aliphatic carbocycles. The van der Waals surface area contributed by atoms with Crippen molar-refractivity contribution in [1.82, 2.24) is 20.4 Å². The predicted octanol–water partition coefficient (Wildman–Crippen LogP) is 0.952. The molecular weight excluding hydrogens is 204 g/mol. The monoisotopic (exact) mass is 224 g/mol. The Bertz CT molecular complexity index is 326. The van der Waals surface area contributed by atoms with Crippen molar-refractivity contribution in [2.45, 2.75) is 39.3 Å². The Hall–Kier alpha value is -0.940. The topological polar surface area (TPSA) is 54.2 Å². The molecule has 0 aromatic carbocycles. The molecule has 1 aromatic heterocycles. The highest BCUT2D eigenvalue weighted by molar-refractivity contribution is 4.88. The molecule has 1 N–H and O–H groups in total. The number of nitrogens with one attached hydrogen (secondary N) is 1. The van der Waals surface area contributed by atoms with Crippen LogP contribution in [0.1, 0.15) is 31.5 Å². The molecule has 0 radical (unpaired) electrons. The highest BCUT2D eigenvalue weighted by Crippen LogP contribution is 2.11. The number of rotatable bonds is 5. The first-order valence-corrected chi connectivity index (χ1v) is 6.03. The van der Waals surface area contributed by atoms with Crippen molar-refractivity contribution in [3.63, 3.8) is 0 Å². The van der Waals surface area contributed by atoms with E-state index in [0.717, 1.165) is 32.0 Å². The number of aryl methyl sites for hydroxylation is 1. The molecule has 1 saturated heterocycles. The standard InChI is InChI=1S/C11H20N4O/c1-3-5-12-10-4-6-15(7-10)8-11-13-9(2)16-14-11/h10,12H,3-8H2,1-2H3. The Morgan fingerprint density at radius 2 is 2.44 bits per heavy atom. The number of hydrogen-bond donors (Lipinski definition) is 1. The van der Waals surface area contributed by atoms with Crippen molar-refractivity contribution in [1.29, 1.82) is 0 Å². The first kappa shape index (κ1) is 11.5. The second-order valence-corrected chi connectivity index (χ2v) is 4.40. The lowest BCUT2D eigenvalue weighted by atomic mass is 10.2. The summed E-state index contributed by atoms with van der Waals surface area (Å²) in [5, 5.41) is 7.46. The first-order valence-electron chi connectivity index (χ1n) is 6.03. The second kappa shape index (κ2) is 5.41. The minimum Gasteiger partial charge on any atom is -0.340 e. The summed E-state index contributed by atoms with van der Waals surface area (Å²) in [5.74, 6) is 1.45. The van der Waals surface area contributed by atoms with Crippen molar-refractivity contribution >= 4 is 0 Å². The van der Waals surface area contributed by atoms with Crippen LogP contribution in [-0.4, -0.2) is 40.7 Å². The van der Waals surface area contributed by atoms with Crippen LogP contribution < -0.4 is 5.32 Å². The lowest BCUT2D eigenvalue weighted by Crippen LogP contribution is -2.32. The summed E-state index contributed by atoms with van der Waals surface area (Å²) >= 11 is 0. The molecule has 2 rings (SSSR count). The van der Waals surface area contributed by atoms with Crippen LogP contribution in [-0.2, 0) is 6.54 Å². The van der Waals surface area contributed by atoms with E-state index in [4.69, 9.17) is 4.52 Å². The second-order valence-electron chi connectivity index (χ2n) is 4.40. The van der Waals surface area contributed by atoms with Gasteiger partial charge in [0, 0.05) is 26.1 Å². The van der Waals surface area contributed by atoms with Gasteiger partial charge in [0.2, 0.25) is 5.89 Å². The fraction of sp³-hybridized carbons (Fsp3) is 0.818. The van der Waals surface area contributed by atoms with Gasteiger partial charge in [0.1, 0.15) is 0 Å². The molecule has 1 aliphatic heterocycles. The van der Waals surface area contributed by atoms with Gasteiger partial charge in [0.25, 0.3) is 0 Å². The molecule has 1 aromatic rings. The van der Waals surface area contributed by atoms with Crippen LogP contribution in [0.2, 0.25) is 0 Å². The molecule has 0 amide bonds. The van der Waals surface area contributed by atoms with Gasteiger partial charge in [-0.3, -0.25) is 4.90 Å². The summed E-state index contributed by atoms with van der Waals surface area (Å²) in [7, 11) is 0. The lowest BCUT2D eigenvalue weighted by Gasteiger charge is -2.14. The van der Waals surface area contributed by atoms with Crippen LogP contribution in [0.4, 0.5) is 0 Å². The van der Waals surface area contributed by atoms with Gasteiger partial charge in [-0.15, -0.1) is 0 Å². The average Bonchev–Trinajstić information content (AvgIpc) is 2.86. The molecule has 1 aliphatic rings. The molecule has 90 valence electrons. The summed E-state index contributed by atoms with van der Waals surface area (Å²) in [6, 6.07) is 0.632. The fourth-order valence-electron chi connectivity index (χ4n) is 2.10. The highest BCUT2D eigenvalue weighted by atomic mass is 16.5. The molecule has 1 atom stereocenters. The van der Waals surface area contributed by atoms with Crippen molar-refractivity contribution < 1.29 is 4.52 Å². The molecule has 5 heteroatoms. The number of aromatic nitrogens is 2. The Kier molecular flexibility index (Phi) is 3.90. The minimum atomic E-state index is 0.632. The first-order chi connectivity index (χ1) is 7.78. The maximum atomic E-state index is 4.96. The van der Waals surface area contributed by atoms with Gasteiger partial charge in [-0.2, -0.15) is 4.98 Å². The molecule has 2 heterocycles. The lowest BCUT2D eigenvalue weighted by molar-refractivity contribution is 0.302. The van der Waals surface area contributed by atoms with E-state index in [-0.39, 0.29) is 0 Å². The van der Waals surface area contributed by atoms with Crippen molar-refractivity contribution in [3.05, 3.63) is 11.7 Å². The fourth-order valence-corrected chi connectivity index (χ4v) is 2.10. The number of likely N-dealkylation sites (tertiary alicyclic amines) is 1. The van der Waals surface area contributed by atoms with Gasteiger partial charge >= 0.3 is 0 Å². The third-order valence-electron chi connectivity index (χ3n) is 2.89. The van der Waals surface area contributed by atoms with Gasteiger partial charge in [-0.25, -0.2) is 0 Å². The van der Waals surface area contributed by atoms with Crippen molar-refractivity contribution in [2.24, 2.45) is 0 Å². The zero-order chi connectivity index (χ0) is 11.4. The van der Waals surface area contributed by atoms with E-state index in [0.29, 0.717) is 11.9 Å². The molecule has 1 fully saturated rings. The molecule has 0 bridgehead atoms. The molecule has 5 nitrogen and oxygen atoms in total. The summed E-state index contributed by atoms with van der Waals surface area (Å²) in [6.07, 6.45) is 2.41. The van der Waals surface area contributed by atoms with Crippen LogP contribution in [0.15, 0.2) is 4.52 Å². The molecular formula is C11H20N4O. The van der Waals surface area contributed by atoms with Gasteiger partial charge in [0.15, 0.2) is 5.82 Å². The predicted molar refractivity (Wildman–Crippen MR) is 61.0 cm³/mol. The maximum absolute atomic E-state index is 4.96. The Balaban J connectivity index is 1.76. The quantitative estimate of drug-likeness (QED) is 0.807. The number of nitrogens with zero attached hydrogens (tertiary/aromatic N) is 3. The average molecular weight is 224 g/mol. The van der Waals surface area contributed by atoms with Crippen LogP contribution in [0.3, 0.4) is 0 Å². The van der Waals surface area contributed by atoms with Crippen LogP contribution in [0.25, 0.3) is 0 Å². The maximum Gasteiger partial charge on any atom is 0.223 e. The van der Waals surface area contributed by atoms with E-state index in [1.807, 2.05) is 6.92 Å². The summed E-state index contributed by atoms with van der Waals surface area (Å²) in [5.41, 5.74) is 0. The zero-order valence-corrected chi connectivity index (χ0v) is 10.1. The summed E-state index contributed by atoms with van der Waals surface area (Å²) in [4.78, 5) is 6.59. The summed E-state index contributed by atoms with van der Waals surface area (Å²) < 4.78 is 4.96. The van der Waals surface area contributed by atoms with Gasteiger partial charge in [-0.05, 0) is 19.4 Å². The molecule has 16 heavy (non-hydrogen) atoms. The highest BCUT2D eigenvalue weighted by Gasteiger charge is 2.22. The largest absolute Gasteiger partial charge is 0.340 e. The SMILES string of the molecule is CCCNC1CCN(Cc2noc(C)n2)C1. The van der Waals surface area contributed by atoms with Crippen LogP contribution in [0, 0.1) is 6.92 Å². The number of hydrogen-bond acceptors (Lipinski definition) is 5. The van der Waals surface area contributed by atoms with E-state index >= 15 is 0 Å². The Morgan fingerprint density at radius 3 is 3.12 bits per heavy atom. The molecule has 1 unspecified atom stereocenters. The van der Waals surface area contributed by atoms with Gasteiger partial charge in [-0.1, -0.05) is 12.1 Å². The Morgan fingerprint density at radius 1 is 1.56 bits per heavy atom. The third kappa shape index (κ3) is 3.02. The van der Waals surface area contributed by atoms with E-state index in [9.17, 15) is 0 Å². The Labute approximate surface area is 96.2 Å². The minimum absolute atomic E-state index is 0.632. The van der Waals surface area contributed by atoms with Crippen LogP contribution >= 0.6 is 0 Å². The molecule has 0 saturated carbocycles. The van der Waals surface area contributed by atoms with Crippen molar-refractivity contribution in [3.8, 4) is 0 Å². The molecule has 0 spiro atoms. The van der Waals surface area contributed by atoms with Crippen LogP contribution in [0.5, 0.6) is 0 Å². The smallest absolute Gasteiger partial charge is 0.223 e. The summed E-state index contributed by atoms with van der Waals surface area (Å²) in [6.45, 7) is 8.15.